The minimum Gasteiger partial charge on any atom is -0.480 e. The topological polar surface area (TPSA) is 113 Å². The lowest BCUT2D eigenvalue weighted by Gasteiger charge is -2.19. The molecule has 8 nitrogen and oxygen atoms in total. The average molecular weight is 317 g/mol. The van der Waals surface area contributed by atoms with Crippen LogP contribution in [-0.4, -0.2) is 57.1 Å². The maximum absolute atomic E-state index is 12.5. The van der Waals surface area contributed by atoms with Crippen molar-refractivity contribution in [3.63, 3.8) is 0 Å². The number of sulfonamides is 1. The van der Waals surface area contributed by atoms with E-state index in [4.69, 9.17) is 5.11 Å². The van der Waals surface area contributed by atoms with E-state index in [1.807, 2.05) is 6.92 Å². The molecule has 2 heterocycles. The quantitative estimate of drug-likeness (QED) is 0.778. The molecule has 1 fully saturated rings. The van der Waals surface area contributed by atoms with Crippen LogP contribution >= 0.6 is 0 Å². The minimum absolute atomic E-state index is 0.108. The van der Waals surface area contributed by atoms with Gasteiger partial charge in [0.25, 0.3) is 10.0 Å². The van der Waals surface area contributed by atoms with Crippen LogP contribution in [-0.2, 0) is 21.4 Å². The molecular formula is C12H19N3O5S. The van der Waals surface area contributed by atoms with E-state index in [0.29, 0.717) is 12.4 Å². The number of aryl methyl sites for hydroxylation is 2. The number of hydrogen-bond donors (Lipinski definition) is 2. The Morgan fingerprint density at radius 2 is 2.19 bits per heavy atom. The predicted molar refractivity (Wildman–Crippen MR) is 73.2 cm³/mol. The van der Waals surface area contributed by atoms with Gasteiger partial charge in [0.2, 0.25) is 0 Å². The molecule has 9 heteroatoms. The van der Waals surface area contributed by atoms with Crippen LogP contribution < -0.4 is 0 Å². The molecule has 2 atom stereocenters. The monoisotopic (exact) mass is 317 g/mol. The largest absolute Gasteiger partial charge is 0.480 e. The van der Waals surface area contributed by atoms with E-state index in [-0.39, 0.29) is 18.0 Å². The zero-order valence-corrected chi connectivity index (χ0v) is 12.7. The first-order valence-electron chi connectivity index (χ1n) is 6.73. The molecule has 0 bridgehead atoms. The number of β-amino-alcohol motifs (C(OH)–C–C–N with tert-alkyl or cyclic N) is 1. The number of hydrogen-bond acceptors (Lipinski definition) is 5. The van der Waals surface area contributed by atoms with Crippen molar-refractivity contribution < 1.29 is 23.4 Å². The van der Waals surface area contributed by atoms with Gasteiger partial charge in [-0.05, 0) is 13.3 Å². The number of rotatable bonds is 5. The highest BCUT2D eigenvalue weighted by atomic mass is 32.2. The fraction of sp³-hybridized carbons (Fsp3) is 0.667. The van der Waals surface area contributed by atoms with Crippen molar-refractivity contribution >= 4 is 16.0 Å². The Labute approximate surface area is 123 Å². The summed E-state index contributed by atoms with van der Waals surface area (Å²) in [6.45, 7) is 4.07. The second kappa shape index (κ2) is 5.74. The lowest BCUT2D eigenvalue weighted by molar-refractivity contribution is -0.140. The number of imidazole rings is 1. The van der Waals surface area contributed by atoms with E-state index in [1.165, 1.54) is 6.20 Å². The van der Waals surface area contributed by atoms with Gasteiger partial charge in [0.1, 0.15) is 11.9 Å². The Morgan fingerprint density at radius 3 is 2.76 bits per heavy atom. The van der Waals surface area contributed by atoms with Gasteiger partial charge in [-0.15, -0.1) is 0 Å². The third kappa shape index (κ3) is 2.94. The number of aliphatic hydroxyl groups excluding tert-OH is 1. The second-order valence-corrected chi connectivity index (χ2v) is 6.98. The van der Waals surface area contributed by atoms with Crippen LogP contribution in [0.2, 0.25) is 0 Å². The summed E-state index contributed by atoms with van der Waals surface area (Å²) >= 11 is 0. The molecule has 1 aromatic rings. The van der Waals surface area contributed by atoms with Gasteiger partial charge in [-0.2, -0.15) is 4.31 Å². The number of aliphatic hydroxyl groups is 1. The predicted octanol–water partition coefficient (Wildman–Crippen LogP) is -0.190. The van der Waals surface area contributed by atoms with E-state index in [9.17, 15) is 18.3 Å². The summed E-state index contributed by atoms with van der Waals surface area (Å²) in [5.74, 6) is -0.707. The van der Waals surface area contributed by atoms with Crippen LogP contribution in [0.5, 0.6) is 0 Å². The van der Waals surface area contributed by atoms with Gasteiger partial charge in [-0.1, -0.05) is 6.92 Å². The summed E-state index contributed by atoms with van der Waals surface area (Å²) in [5, 5.41) is 18.5. The first kappa shape index (κ1) is 15.9. The summed E-state index contributed by atoms with van der Waals surface area (Å²) in [5.41, 5.74) is 0. The molecule has 0 amide bonds. The van der Waals surface area contributed by atoms with Crippen LogP contribution in [0.1, 0.15) is 25.6 Å². The number of carboxylic acid groups (broad SMARTS) is 1. The van der Waals surface area contributed by atoms with Crippen LogP contribution in [0.4, 0.5) is 0 Å². The number of aliphatic carboxylic acids is 1. The highest BCUT2D eigenvalue weighted by Crippen LogP contribution is 2.26. The fourth-order valence-corrected chi connectivity index (χ4v) is 4.09. The maximum Gasteiger partial charge on any atom is 0.322 e. The molecule has 1 saturated heterocycles. The van der Waals surface area contributed by atoms with E-state index in [0.717, 1.165) is 10.7 Å². The lowest BCUT2D eigenvalue weighted by Crippen LogP contribution is -2.40. The van der Waals surface area contributed by atoms with E-state index in [1.54, 1.807) is 11.5 Å². The van der Waals surface area contributed by atoms with Crippen molar-refractivity contribution in [1.29, 1.82) is 0 Å². The van der Waals surface area contributed by atoms with E-state index >= 15 is 0 Å². The molecule has 1 aliphatic rings. The summed E-state index contributed by atoms with van der Waals surface area (Å²) in [6, 6.07) is -1.25. The normalized spacial score (nSPS) is 23.6. The first-order chi connectivity index (χ1) is 9.77. The third-order valence-corrected chi connectivity index (χ3v) is 5.26. The van der Waals surface area contributed by atoms with Gasteiger partial charge in [-0.25, -0.2) is 13.4 Å². The van der Waals surface area contributed by atoms with E-state index in [2.05, 4.69) is 4.98 Å². The Morgan fingerprint density at radius 1 is 1.52 bits per heavy atom. The molecule has 118 valence electrons. The molecule has 0 spiro atoms. The molecule has 21 heavy (non-hydrogen) atoms. The maximum atomic E-state index is 12.5. The van der Waals surface area contributed by atoms with Crippen LogP contribution in [0, 0.1) is 6.92 Å². The third-order valence-electron chi connectivity index (χ3n) is 3.51. The molecule has 1 aliphatic heterocycles. The Balaban J connectivity index is 2.37. The van der Waals surface area contributed by atoms with Crippen LogP contribution in [0.3, 0.4) is 0 Å². The van der Waals surface area contributed by atoms with Crippen molar-refractivity contribution in [3.8, 4) is 0 Å². The fourth-order valence-electron chi connectivity index (χ4n) is 2.47. The Bertz CT molecular complexity index is 639. The minimum atomic E-state index is -4.03. The molecule has 1 aromatic heterocycles. The van der Waals surface area contributed by atoms with Gasteiger partial charge in [0, 0.05) is 25.7 Å². The zero-order chi connectivity index (χ0) is 15.8. The molecule has 0 aromatic carbocycles. The van der Waals surface area contributed by atoms with Crippen molar-refractivity contribution in [3.05, 3.63) is 12.0 Å². The highest BCUT2D eigenvalue weighted by molar-refractivity contribution is 7.89. The molecular weight excluding hydrogens is 298 g/mol. The van der Waals surface area contributed by atoms with Gasteiger partial charge in [0.15, 0.2) is 5.03 Å². The highest BCUT2D eigenvalue weighted by Gasteiger charge is 2.44. The standard InChI is InChI=1S/C12H19N3O5S/c1-3-4-14-7-11(13-8(14)2)21(19,20)15-6-9(16)5-10(15)12(17)18/h7,9-10,16H,3-6H2,1-2H3,(H,17,18)/t9-,10+/m1/s1. The number of carbonyl (C=O) groups is 1. The summed E-state index contributed by atoms with van der Waals surface area (Å²) in [4.78, 5) is 15.2. The van der Waals surface area contributed by atoms with Crippen molar-refractivity contribution in [2.75, 3.05) is 6.54 Å². The Hall–Kier alpha value is -1.45. The van der Waals surface area contributed by atoms with Crippen molar-refractivity contribution in [2.24, 2.45) is 0 Å². The van der Waals surface area contributed by atoms with Crippen molar-refractivity contribution in [2.45, 2.75) is 50.4 Å². The Kier molecular flexibility index (Phi) is 4.35. The summed E-state index contributed by atoms with van der Waals surface area (Å²) < 4.78 is 27.6. The zero-order valence-electron chi connectivity index (χ0n) is 11.9. The van der Waals surface area contributed by atoms with Gasteiger partial charge < -0.3 is 14.8 Å². The van der Waals surface area contributed by atoms with Crippen LogP contribution in [0.15, 0.2) is 11.2 Å². The molecule has 0 unspecified atom stereocenters. The SMILES string of the molecule is CCCn1cc(S(=O)(=O)N2C[C@H](O)C[C@H]2C(=O)O)nc1C. The number of carboxylic acids is 1. The molecule has 2 N–H and O–H groups in total. The number of nitrogens with zero attached hydrogens (tertiary/aromatic N) is 3. The van der Waals surface area contributed by atoms with E-state index < -0.39 is 28.1 Å². The van der Waals surface area contributed by atoms with Crippen LogP contribution in [0.25, 0.3) is 0 Å². The molecule has 0 aliphatic carbocycles. The van der Waals surface area contributed by atoms with Crippen molar-refractivity contribution in [1.82, 2.24) is 13.9 Å². The molecule has 0 saturated carbocycles. The molecule has 2 rings (SSSR count). The average Bonchev–Trinajstić information content (AvgIpc) is 2.95. The van der Waals surface area contributed by atoms with Gasteiger partial charge in [0.05, 0.1) is 6.10 Å². The lowest BCUT2D eigenvalue weighted by atomic mass is 10.2. The van der Waals surface area contributed by atoms with Gasteiger partial charge >= 0.3 is 5.97 Å². The van der Waals surface area contributed by atoms with Gasteiger partial charge in [-0.3, -0.25) is 4.79 Å². The molecule has 0 radical (unpaired) electrons. The summed E-state index contributed by atoms with van der Waals surface area (Å²) in [7, 11) is -4.03. The first-order valence-corrected chi connectivity index (χ1v) is 8.17. The summed E-state index contributed by atoms with van der Waals surface area (Å²) in [6.07, 6.45) is 1.16. The number of aromatic nitrogens is 2. The second-order valence-electron chi connectivity index (χ2n) is 5.14. The smallest absolute Gasteiger partial charge is 0.322 e.